The van der Waals surface area contributed by atoms with Gasteiger partial charge in [0, 0.05) is 22.2 Å². The topological polar surface area (TPSA) is 57.8 Å². The summed E-state index contributed by atoms with van der Waals surface area (Å²) in [6.45, 7) is 0. The Hall–Kier alpha value is -2.66. The fourth-order valence-electron chi connectivity index (χ4n) is 1.98. The number of nitrogens with one attached hydrogen (secondary N) is 2. The van der Waals surface area contributed by atoms with E-state index in [1.165, 1.54) is 12.1 Å². The molecule has 1 amide bonds. The van der Waals surface area contributed by atoms with E-state index in [9.17, 15) is 9.18 Å². The number of carbonyl (C=O) groups is 1. The van der Waals surface area contributed by atoms with Crippen LogP contribution in [0.2, 0.25) is 5.02 Å². The van der Waals surface area contributed by atoms with Crippen molar-refractivity contribution in [3.63, 3.8) is 0 Å². The molecule has 2 N–H and O–H groups in total. The summed E-state index contributed by atoms with van der Waals surface area (Å²) in [6, 6.07) is 14.3. The summed E-state index contributed by atoms with van der Waals surface area (Å²) < 4.78 is 13.2. The summed E-state index contributed by atoms with van der Waals surface area (Å²) in [4.78, 5) is 12.1. The number of hydrogen-bond acceptors (Lipinski definition) is 2. The minimum Gasteiger partial charge on any atom is -0.305 e. The van der Waals surface area contributed by atoms with E-state index in [1.807, 2.05) is 0 Å². The van der Waals surface area contributed by atoms with E-state index in [0.717, 1.165) is 0 Å². The van der Waals surface area contributed by atoms with Gasteiger partial charge >= 0.3 is 0 Å². The van der Waals surface area contributed by atoms with Gasteiger partial charge in [-0.25, -0.2) is 4.39 Å². The van der Waals surface area contributed by atoms with Gasteiger partial charge in [0.15, 0.2) is 5.82 Å². The molecule has 6 heteroatoms. The van der Waals surface area contributed by atoms with Gasteiger partial charge in [-0.15, -0.1) is 0 Å². The molecule has 0 unspecified atom stereocenters. The number of aromatic nitrogens is 2. The lowest BCUT2D eigenvalue weighted by atomic mass is 10.1. The van der Waals surface area contributed by atoms with Crippen LogP contribution in [0.15, 0.2) is 54.6 Å². The fraction of sp³-hybridized carbons (Fsp3) is 0. The molecule has 0 aliphatic rings. The van der Waals surface area contributed by atoms with Crippen molar-refractivity contribution in [3.8, 4) is 11.3 Å². The number of nitrogens with zero attached hydrogens (tertiary/aromatic N) is 1. The van der Waals surface area contributed by atoms with Crippen molar-refractivity contribution in [3.05, 3.63) is 71.0 Å². The molecule has 1 heterocycles. The lowest BCUT2D eigenvalue weighted by molar-refractivity contribution is 0.102. The van der Waals surface area contributed by atoms with Gasteiger partial charge in [-0.2, -0.15) is 5.10 Å². The van der Waals surface area contributed by atoms with Gasteiger partial charge in [0.05, 0.1) is 5.69 Å². The third kappa shape index (κ3) is 3.15. The van der Waals surface area contributed by atoms with Crippen LogP contribution in [0.25, 0.3) is 11.3 Å². The molecule has 0 aliphatic heterocycles. The zero-order valence-corrected chi connectivity index (χ0v) is 12.1. The zero-order valence-electron chi connectivity index (χ0n) is 11.3. The minimum atomic E-state index is -0.334. The fourth-order valence-corrected chi connectivity index (χ4v) is 2.11. The second-order valence-electron chi connectivity index (χ2n) is 4.64. The van der Waals surface area contributed by atoms with E-state index in [0.29, 0.717) is 27.7 Å². The van der Waals surface area contributed by atoms with E-state index in [-0.39, 0.29) is 11.7 Å². The van der Waals surface area contributed by atoms with E-state index < -0.39 is 0 Å². The van der Waals surface area contributed by atoms with Gasteiger partial charge in [0.2, 0.25) is 0 Å². The maximum Gasteiger partial charge on any atom is 0.256 e. The van der Waals surface area contributed by atoms with Gasteiger partial charge in [-0.1, -0.05) is 23.7 Å². The van der Waals surface area contributed by atoms with Crippen LogP contribution in [0.1, 0.15) is 10.4 Å². The number of aromatic amines is 1. The van der Waals surface area contributed by atoms with Gasteiger partial charge in [0.1, 0.15) is 5.82 Å². The highest BCUT2D eigenvalue weighted by Crippen LogP contribution is 2.21. The third-order valence-electron chi connectivity index (χ3n) is 3.06. The molecule has 22 heavy (non-hydrogen) atoms. The van der Waals surface area contributed by atoms with E-state index >= 15 is 0 Å². The van der Waals surface area contributed by atoms with Crippen LogP contribution in [-0.2, 0) is 0 Å². The quantitative estimate of drug-likeness (QED) is 0.763. The van der Waals surface area contributed by atoms with Crippen molar-refractivity contribution in [2.45, 2.75) is 0 Å². The van der Waals surface area contributed by atoms with Gasteiger partial charge in [-0.05, 0) is 36.4 Å². The van der Waals surface area contributed by atoms with Crippen LogP contribution in [0, 0.1) is 5.82 Å². The lowest BCUT2D eigenvalue weighted by Gasteiger charge is -2.01. The number of halogens is 2. The number of rotatable bonds is 3. The maximum atomic E-state index is 13.2. The molecule has 110 valence electrons. The summed E-state index contributed by atoms with van der Waals surface area (Å²) in [6.07, 6.45) is 0. The molecule has 0 fully saturated rings. The predicted molar refractivity (Wildman–Crippen MR) is 83.4 cm³/mol. The van der Waals surface area contributed by atoms with Crippen LogP contribution in [-0.4, -0.2) is 16.1 Å². The second-order valence-corrected chi connectivity index (χ2v) is 5.07. The molecule has 3 aromatic rings. The number of anilines is 1. The van der Waals surface area contributed by atoms with Crippen LogP contribution < -0.4 is 5.32 Å². The van der Waals surface area contributed by atoms with Crippen molar-refractivity contribution in [2.75, 3.05) is 5.32 Å². The molecule has 0 saturated carbocycles. The third-order valence-corrected chi connectivity index (χ3v) is 3.31. The molecule has 2 aromatic carbocycles. The minimum absolute atomic E-state index is 0.297. The standard InChI is InChI=1S/C16H11ClFN3O/c17-12-6-4-10(5-7-12)16(22)19-15-9-14(20-21-15)11-2-1-3-13(18)8-11/h1-9H,(H2,19,20,21,22). The molecule has 0 radical (unpaired) electrons. The average Bonchev–Trinajstić information content (AvgIpc) is 2.96. The Morgan fingerprint density at radius 1 is 1.14 bits per heavy atom. The van der Waals surface area contributed by atoms with Crippen molar-refractivity contribution in [1.82, 2.24) is 10.2 Å². The molecule has 0 saturated heterocycles. The first-order chi connectivity index (χ1) is 10.6. The number of benzene rings is 2. The molecule has 0 spiro atoms. The molecule has 4 nitrogen and oxygen atoms in total. The number of amides is 1. The number of carbonyl (C=O) groups excluding carboxylic acids is 1. The van der Waals surface area contributed by atoms with Crippen LogP contribution >= 0.6 is 11.6 Å². The summed E-state index contributed by atoms with van der Waals surface area (Å²) in [5.74, 6) is -0.271. The summed E-state index contributed by atoms with van der Waals surface area (Å²) >= 11 is 5.78. The van der Waals surface area contributed by atoms with Crippen LogP contribution in [0.4, 0.5) is 10.2 Å². The van der Waals surface area contributed by atoms with Crippen molar-refractivity contribution >= 4 is 23.3 Å². The highest BCUT2D eigenvalue weighted by molar-refractivity contribution is 6.30. The molecule has 1 aromatic heterocycles. The summed E-state index contributed by atoms with van der Waals surface area (Å²) in [5.41, 5.74) is 1.74. The van der Waals surface area contributed by atoms with Crippen molar-refractivity contribution in [1.29, 1.82) is 0 Å². The first-order valence-corrected chi connectivity index (χ1v) is 6.88. The van der Waals surface area contributed by atoms with Gasteiger partial charge in [-0.3, -0.25) is 9.89 Å². The normalized spacial score (nSPS) is 10.5. The molecule has 3 rings (SSSR count). The van der Waals surface area contributed by atoms with E-state index in [1.54, 1.807) is 42.5 Å². The Balaban J connectivity index is 1.77. The molecule has 0 aliphatic carbocycles. The van der Waals surface area contributed by atoms with Crippen LogP contribution in [0.5, 0.6) is 0 Å². The predicted octanol–water partition coefficient (Wildman–Crippen LogP) is 4.12. The Kier molecular flexibility index (Phi) is 3.89. The first-order valence-electron chi connectivity index (χ1n) is 6.50. The lowest BCUT2D eigenvalue weighted by Crippen LogP contribution is -2.11. The van der Waals surface area contributed by atoms with Gasteiger partial charge < -0.3 is 5.32 Å². The monoisotopic (exact) mass is 315 g/mol. The Labute approximate surface area is 130 Å². The van der Waals surface area contributed by atoms with Gasteiger partial charge in [0.25, 0.3) is 5.91 Å². The molecule has 0 bridgehead atoms. The SMILES string of the molecule is O=C(Nc1cc(-c2cccc(F)c2)[nH]n1)c1ccc(Cl)cc1. The molecule has 0 atom stereocenters. The molecular formula is C16H11ClFN3O. The average molecular weight is 316 g/mol. The van der Waals surface area contributed by atoms with E-state index in [2.05, 4.69) is 15.5 Å². The summed E-state index contributed by atoms with van der Waals surface area (Å²) in [5, 5.41) is 9.99. The highest BCUT2D eigenvalue weighted by Gasteiger charge is 2.09. The first kappa shape index (κ1) is 14.3. The highest BCUT2D eigenvalue weighted by atomic mass is 35.5. The Morgan fingerprint density at radius 3 is 2.64 bits per heavy atom. The Morgan fingerprint density at radius 2 is 1.91 bits per heavy atom. The smallest absolute Gasteiger partial charge is 0.256 e. The summed E-state index contributed by atoms with van der Waals surface area (Å²) in [7, 11) is 0. The van der Waals surface area contributed by atoms with E-state index in [4.69, 9.17) is 11.6 Å². The number of hydrogen-bond donors (Lipinski definition) is 2. The zero-order chi connectivity index (χ0) is 15.5. The largest absolute Gasteiger partial charge is 0.305 e. The maximum absolute atomic E-state index is 13.2. The van der Waals surface area contributed by atoms with Crippen LogP contribution in [0.3, 0.4) is 0 Å². The Bertz CT molecular complexity index is 814. The number of H-pyrrole nitrogens is 1. The second kappa shape index (κ2) is 5.99. The van der Waals surface area contributed by atoms with Crippen molar-refractivity contribution in [2.24, 2.45) is 0 Å². The van der Waals surface area contributed by atoms with Crippen molar-refractivity contribution < 1.29 is 9.18 Å². The molecular weight excluding hydrogens is 305 g/mol.